The number of hydrogen-bond donors (Lipinski definition) is 1. The number of halogens is 1. The zero-order valence-corrected chi connectivity index (χ0v) is 16.7. The van der Waals surface area contributed by atoms with Crippen LogP contribution in [0, 0.1) is 5.82 Å². The zero-order chi connectivity index (χ0) is 20.7. The average Bonchev–Trinajstić information content (AvgIpc) is 2.63. The second-order valence-electron chi connectivity index (χ2n) is 6.41. The standard InChI is InChI=1S/C20H24FN3O3S/c1-4-12-24(14-16-8-5-6-11-19(16)21)15-20(25)22-17-9-7-10-18(13-17)28(26,27)23(2)3/h4-11,13H,1,12,14-15H2,2-3H3,(H,22,25). The fourth-order valence-electron chi connectivity index (χ4n) is 2.58. The van der Waals surface area contributed by atoms with Gasteiger partial charge < -0.3 is 5.32 Å². The smallest absolute Gasteiger partial charge is 0.242 e. The van der Waals surface area contributed by atoms with Crippen molar-refractivity contribution in [2.75, 3.05) is 32.5 Å². The first-order valence-electron chi connectivity index (χ1n) is 8.63. The van der Waals surface area contributed by atoms with Crippen molar-refractivity contribution in [2.45, 2.75) is 11.4 Å². The maximum atomic E-state index is 13.9. The highest BCUT2D eigenvalue weighted by Gasteiger charge is 2.18. The van der Waals surface area contributed by atoms with Gasteiger partial charge in [-0.05, 0) is 24.3 Å². The van der Waals surface area contributed by atoms with Crippen LogP contribution in [0.2, 0.25) is 0 Å². The number of carbonyl (C=O) groups excluding carboxylic acids is 1. The minimum Gasteiger partial charge on any atom is -0.325 e. The molecule has 0 unspecified atom stereocenters. The van der Waals surface area contributed by atoms with Gasteiger partial charge in [0.15, 0.2) is 0 Å². The second-order valence-corrected chi connectivity index (χ2v) is 8.56. The van der Waals surface area contributed by atoms with E-state index in [1.807, 2.05) is 0 Å². The van der Waals surface area contributed by atoms with E-state index in [4.69, 9.17) is 0 Å². The molecule has 150 valence electrons. The summed E-state index contributed by atoms with van der Waals surface area (Å²) in [6, 6.07) is 12.4. The third kappa shape index (κ3) is 5.72. The van der Waals surface area contributed by atoms with Gasteiger partial charge in [-0.25, -0.2) is 17.1 Å². The molecule has 0 aliphatic carbocycles. The van der Waals surface area contributed by atoms with E-state index in [1.54, 1.807) is 41.3 Å². The highest BCUT2D eigenvalue weighted by Crippen LogP contribution is 2.18. The lowest BCUT2D eigenvalue weighted by Crippen LogP contribution is -2.33. The summed E-state index contributed by atoms with van der Waals surface area (Å²) in [4.78, 5) is 14.3. The SMILES string of the molecule is C=CCN(CC(=O)Nc1cccc(S(=O)(=O)N(C)C)c1)Cc1ccccc1F. The van der Waals surface area contributed by atoms with Crippen LogP contribution < -0.4 is 5.32 Å². The maximum absolute atomic E-state index is 13.9. The van der Waals surface area contributed by atoms with E-state index < -0.39 is 10.0 Å². The van der Waals surface area contributed by atoms with Crippen molar-refractivity contribution < 1.29 is 17.6 Å². The Labute approximate surface area is 165 Å². The van der Waals surface area contributed by atoms with E-state index in [2.05, 4.69) is 11.9 Å². The molecule has 0 radical (unpaired) electrons. The molecule has 0 aliphatic heterocycles. The van der Waals surface area contributed by atoms with Crippen molar-refractivity contribution in [1.29, 1.82) is 0 Å². The minimum atomic E-state index is -3.60. The van der Waals surface area contributed by atoms with Crippen LogP contribution in [0.15, 0.2) is 66.1 Å². The molecular formula is C20H24FN3O3S. The van der Waals surface area contributed by atoms with E-state index >= 15 is 0 Å². The summed E-state index contributed by atoms with van der Waals surface area (Å²) >= 11 is 0. The molecule has 0 aromatic heterocycles. The minimum absolute atomic E-state index is 0.00497. The summed E-state index contributed by atoms with van der Waals surface area (Å²) in [5.74, 6) is -0.670. The van der Waals surface area contributed by atoms with Gasteiger partial charge in [-0.2, -0.15) is 0 Å². The van der Waals surface area contributed by atoms with Crippen molar-refractivity contribution in [1.82, 2.24) is 9.21 Å². The van der Waals surface area contributed by atoms with Crippen LogP contribution in [-0.2, 0) is 21.4 Å². The molecule has 2 aromatic carbocycles. The van der Waals surface area contributed by atoms with Gasteiger partial charge in [-0.3, -0.25) is 9.69 Å². The number of benzene rings is 2. The second kappa shape index (κ2) is 9.59. The van der Waals surface area contributed by atoms with E-state index in [0.717, 1.165) is 4.31 Å². The largest absolute Gasteiger partial charge is 0.325 e. The highest BCUT2D eigenvalue weighted by molar-refractivity contribution is 7.89. The maximum Gasteiger partial charge on any atom is 0.242 e. The molecule has 0 bridgehead atoms. The van der Waals surface area contributed by atoms with Crippen LogP contribution in [0.3, 0.4) is 0 Å². The monoisotopic (exact) mass is 405 g/mol. The van der Waals surface area contributed by atoms with Crippen molar-refractivity contribution in [3.8, 4) is 0 Å². The number of carbonyl (C=O) groups is 1. The topological polar surface area (TPSA) is 69.7 Å². The lowest BCUT2D eigenvalue weighted by Gasteiger charge is -2.20. The third-order valence-corrected chi connectivity index (χ3v) is 5.81. The molecule has 0 heterocycles. The molecule has 0 saturated carbocycles. The Hall–Kier alpha value is -2.55. The van der Waals surface area contributed by atoms with Crippen LogP contribution in [0.25, 0.3) is 0 Å². The van der Waals surface area contributed by atoms with Gasteiger partial charge in [-0.1, -0.05) is 30.3 Å². The molecule has 1 amide bonds. The molecule has 28 heavy (non-hydrogen) atoms. The van der Waals surface area contributed by atoms with Crippen molar-refractivity contribution >= 4 is 21.6 Å². The van der Waals surface area contributed by atoms with Crippen LogP contribution >= 0.6 is 0 Å². The Morgan fingerprint density at radius 3 is 2.54 bits per heavy atom. The molecule has 0 fully saturated rings. The summed E-state index contributed by atoms with van der Waals surface area (Å²) in [6.07, 6.45) is 1.64. The molecular weight excluding hydrogens is 381 g/mol. The number of nitrogens with one attached hydrogen (secondary N) is 1. The van der Waals surface area contributed by atoms with Gasteiger partial charge in [0.25, 0.3) is 0 Å². The Bertz CT molecular complexity index is 945. The van der Waals surface area contributed by atoms with Crippen molar-refractivity contribution in [2.24, 2.45) is 0 Å². The van der Waals surface area contributed by atoms with Crippen LogP contribution in [0.5, 0.6) is 0 Å². The molecule has 0 aliphatic rings. The summed E-state index contributed by atoms with van der Waals surface area (Å²) in [6.45, 7) is 4.33. The fraction of sp³-hybridized carbons (Fsp3) is 0.250. The molecule has 0 spiro atoms. The lowest BCUT2D eigenvalue weighted by molar-refractivity contribution is -0.117. The molecule has 1 N–H and O–H groups in total. The summed E-state index contributed by atoms with van der Waals surface area (Å²) < 4.78 is 39.4. The Morgan fingerprint density at radius 1 is 1.18 bits per heavy atom. The predicted molar refractivity (Wildman–Crippen MR) is 108 cm³/mol. The molecule has 2 rings (SSSR count). The first-order chi connectivity index (χ1) is 13.2. The molecule has 0 atom stereocenters. The van der Waals surface area contributed by atoms with Gasteiger partial charge in [0.05, 0.1) is 11.4 Å². The number of sulfonamides is 1. The number of rotatable bonds is 9. The quantitative estimate of drug-likeness (QED) is 0.652. The van der Waals surface area contributed by atoms with E-state index in [0.29, 0.717) is 17.8 Å². The number of hydrogen-bond acceptors (Lipinski definition) is 4. The number of nitrogens with zero attached hydrogens (tertiary/aromatic N) is 2. The van der Waals surface area contributed by atoms with E-state index in [1.165, 1.54) is 32.3 Å². The first-order valence-corrected chi connectivity index (χ1v) is 10.1. The average molecular weight is 405 g/mol. The van der Waals surface area contributed by atoms with E-state index in [9.17, 15) is 17.6 Å². The highest BCUT2D eigenvalue weighted by atomic mass is 32.2. The van der Waals surface area contributed by atoms with Crippen LogP contribution in [-0.4, -0.2) is 50.7 Å². The van der Waals surface area contributed by atoms with Crippen molar-refractivity contribution in [3.63, 3.8) is 0 Å². The Balaban J connectivity index is 2.09. The molecule has 2 aromatic rings. The van der Waals surface area contributed by atoms with E-state index in [-0.39, 0.29) is 29.7 Å². The first kappa shape index (κ1) is 21.7. The molecule has 0 saturated heterocycles. The molecule has 6 nitrogen and oxygen atoms in total. The van der Waals surface area contributed by atoms with Crippen LogP contribution in [0.4, 0.5) is 10.1 Å². The third-order valence-electron chi connectivity index (χ3n) is 4.00. The summed E-state index contributed by atoms with van der Waals surface area (Å²) in [5.41, 5.74) is 0.855. The van der Waals surface area contributed by atoms with Crippen molar-refractivity contribution in [3.05, 3.63) is 72.6 Å². The van der Waals surface area contributed by atoms with Gasteiger partial charge in [-0.15, -0.1) is 6.58 Å². The van der Waals surface area contributed by atoms with Gasteiger partial charge >= 0.3 is 0 Å². The lowest BCUT2D eigenvalue weighted by atomic mass is 10.2. The predicted octanol–water partition coefficient (Wildman–Crippen LogP) is 2.70. The summed E-state index contributed by atoms with van der Waals surface area (Å²) in [7, 11) is -0.714. The van der Waals surface area contributed by atoms with Gasteiger partial charge in [0.1, 0.15) is 5.82 Å². The zero-order valence-electron chi connectivity index (χ0n) is 15.9. The number of anilines is 1. The fourth-order valence-corrected chi connectivity index (χ4v) is 3.53. The van der Waals surface area contributed by atoms with Gasteiger partial charge in [0, 0.05) is 38.4 Å². The normalized spacial score (nSPS) is 11.6. The molecule has 8 heteroatoms. The Morgan fingerprint density at radius 2 is 1.89 bits per heavy atom. The Kier molecular flexibility index (Phi) is 7.45. The number of amides is 1. The summed E-state index contributed by atoms with van der Waals surface area (Å²) in [5, 5.41) is 2.69. The van der Waals surface area contributed by atoms with Gasteiger partial charge in [0.2, 0.25) is 15.9 Å². The van der Waals surface area contributed by atoms with Crippen LogP contribution in [0.1, 0.15) is 5.56 Å².